The Morgan fingerprint density at radius 3 is 2.68 bits per heavy atom. The second-order valence-electron chi connectivity index (χ2n) is 4.96. The fourth-order valence-corrected chi connectivity index (χ4v) is 1.59. The molecule has 1 rings (SSSR count). The largest absolute Gasteiger partial charge is 0.463 e. The maximum absolute atomic E-state index is 5.62. The standard InChI is InChI=1S/C13H25N5O/c1-4-9-19-13-17-11(14)16-12(18-13)15-8-6-5-7-10(2)3/h10H,4-9H2,1-3H3,(H3,14,15,16,17,18). The van der Waals surface area contributed by atoms with Crippen molar-refractivity contribution in [2.75, 3.05) is 24.2 Å². The normalized spacial score (nSPS) is 10.7. The number of hydrogen-bond acceptors (Lipinski definition) is 6. The van der Waals surface area contributed by atoms with Crippen molar-refractivity contribution in [1.82, 2.24) is 15.0 Å². The molecular weight excluding hydrogens is 242 g/mol. The minimum atomic E-state index is 0.186. The molecule has 0 amide bonds. The Kier molecular flexibility index (Phi) is 6.92. The van der Waals surface area contributed by atoms with Gasteiger partial charge in [-0.25, -0.2) is 0 Å². The van der Waals surface area contributed by atoms with Crippen molar-refractivity contribution in [2.45, 2.75) is 46.5 Å². The van der Waals surface area contributed by atoms with E-state index in [0.29, 0.717) is 18.6 Å². The lowest BCUT2D eigenvalue weighted by molar-refractivity contribution is 0.292. The van der Waals surface area contributed by atoms with Crippen LogP contribution in [0.2, 0.25) is 0 Å². The van der Waals surface area contributed by atoms with E-state index < -0.39 is 0 Å². The quantitative estimate of drug-likeness (QED) is 0.668. The van der Waals surface area contributed by atoms with E-state index in [1.54, 1.807) is 0 Å². The van der Waals surface area contributed by atoms with Gasteiger partial charge in [0.15, 0.2) is 0 Å². The summed E-state index contributed by atoms with van der Waals surface area (Å²) in [5, 5.41) is 3.15. The molecule has 0 aromatic carbocycles. The van der Waals surface area contributed by atoms with Gasteiger partial charge in [0, 0.05) is 6.54 Å². The fraction of sp³-hybridized carbons (Fsp3) is 0.769. The van der Waals surface area contributed by atoms with E-state index in [2.05, 4.69) is 34.1 Å². The highest BCUT2D eigenvalue weighted by molar-refractivity contribution is 5.32. The lowest BCUT2D eigenvalue weighted by atomic mass is 10.1. The van der Waals surface area contributed by atoms with Crippen molar-refractivity contribution < 1.29 is 4.74 Å². The van der Waals surface area contributed by atoms with Crippen molar-refractivity contribution in [3.8, 4) is 6.01 Å². The molecule has 6 nitrogen and oxygen atoms in total. The number of nitrogens with two attached hydrogens (primary N) is 1. The van der Waals surface area contributed by atoms with Crippen molar-refractivity contribution in [1.29, 1.82) is 0 Å². The lowest BCUT2D eigenvalue weighted by Gasteiger charge is -2.08. The zero-order valence-electron chi connectivity index (χ0n) is 12.1. The molecule has 0 fully saturated rings. The molecule has 0 aliphatic rings. The topological polar surface area (TPSA) is 86.0 Å². The number of rotatable bonds is 9. The molecule has 0 radical (unpaired) electrons. The van der Waals surface area contributed by atoms with E-state index in [0.717, 1.165) is 25.3 Å². The number of nitrogen functional groups attached to an aromatic ring is 1. The highest BCUT2D eigenvalue weighted by Crippen LogP contribution is 2.10. The molecule has 6 heteroatoms. The first-order valence-electron chi connectivity index (χ1n) is 7.00. The van der Waals surface area contributed by atoms with Gasteiger partial charge in [0.05, 0.1) is 6.61 Å². The number of anilines is 2. The molecule has 1 heterocycles. The average Bonchev–Trinajstić information content (AvgIpc) is 2.35. The molecule has 19 heavy (non-hydrogen) atoms. The first-order valence-corrected chi connectivity index (χ1v) is 7.00. The summed E-state index contributed by atoms with van der Waals surface area (Å²) in [5.74, 6) is 1.43. The molecule has 108 valence electrons. The van der Waals surface area contributed by atoms with E-state index in [-0.39, 0.29) is 5.95 Å². The van der Waals surface area contributed by atoms with Gasteiger partial charge in [-0.2, -0.15) is 15.0 Å². The number of ether oxygens (including phenoxy) is 1. The Morgan fingerprint density at radius 1 is 1.21 bits per heavy atom. The summed E-state index contributed by atoms with van der Waals surface area (Å²) in [6.45, 7) is 7.91. The van der Waals surface area contributed by atoms with Crippen molar-refractivity contribution in [3.05, 3.63) is 0 Å². The van der Waals surface area contributed by atoms with Crippen LogP contribution in [-0.4, -0.2) is 28.1 Å². The Morgan fingerprint density at radius 2 is 2.00 bits per heavy atom. The minimum Gasteiger partial charge on any atom is -0.463 e. The van der Waals surface area contributed by atoms with E-state index >= 15 is 0 Å². The SMILES string of the molecule is CCCOc1nc(N)nc(NCCCCC(C)C)n1. The van der Waals surface area contributed by atoms with Crippen LogP contribution in [0.1, 0.15) is 46.5 Å². The molecule has 0 unspecified atom stereocenters. The second kappa shape index (κ2) is 8.50. The minimum absolute atomic E-state index is 0.186. The summed E-state index contributed by atoms with van der Waals surface area (Å²) in [5.41, 5.74) is 5.62. The lowest BCUT2D eigenvalue weighted by Crippen LogP contribution is -2.10. The summed E-state index contributed by atoms with van der Waals surface area (Å²) in [6.07, 6.45) is 4.44. The smallest absolute Gasteiger partial charge is 0.323 e. The van der Waals surface area contributed by atoms with E-state index in [9.17, 15) is 0 Å². The van der Waals surface area contributed by atoms with Crippen LogP contribution in [0.15, 0.2) is 0 Å². The van der Waals surface area contributed by atoms with Gasteiger partial charge in [-0.15, -0.1) is 0 Å². The van der Waals surface area contributed by atoms with Crippen LogP contribution in [0, 0.1) is 5.92 Å². The molecule has 1 aromatic heterocycles. The third kappa shape index (κ3) is 6.79. The average molecular weight is 267 g/mol. The zero-order valence-corrected chi connectivity index (χ0v) is 12.1. The molecule has 0 spiro atoms. The van der Waals surface area contributed by atoms with Crippen molar-refractivity contribution in [3.63, 3.8) is 0 Å². The number of unbranched alkanes of at least 4 members (excludes halogenated alkanes) is 1. The number of nitrogens with one attached hydrogen (secondary N) is 1. The summed E-state index contributed by atoms with van der Waals surface area (Å²) in [4.78, 5) is 12.1. The van der Waals surface area contributed by atoms with E-state index in [4.69, 9.17) is 10.5 Å². The third-order valence-corrected chi connectivity index (χ3v) is 2.56. The second-order valence-corrected chi connectivity index (χ2v) is 4.96. The van der Waals surface area contributed by atoms with E-state index in [1.807, 2.05) is 6.92 Å². The zero-order chi connectivity index (χ0) is 14.1. The van der Waals surface area contributed by atoms with Crippen LogP contribution in [-0.2, 0) is 0 Å². The van der Waals surface area contributed by atoms with Gasteiger partial charge in [-0.3, -0.25) is 0 Å². The Hall–Kier alpha value is -1.59. The Labute approximate surface area is 115 Å². The van der Waals surface area contributed by atoms with Gasteiger partial charge >= 0.3 is 6.01 Å². The van der Waals surface area contributed by atoms with Gasteiger partial charge in [0.1, 0.15) is 0 Å². The molecule has 0 aliphatic carbocycles. The monoisotopic (exact) mass is 267 g/mol. The van der Waals surface area contributed by atoms with Gasteiger partial charge in [-0.1, -0.05) is 33.6 Å². The molecule has 0 atom stereocenters. The maximum Gasteiger partial charge on any atom is 0.323 e. The predicted molar refractivity (Wildman–Crippen MR) is 77.2 cm³/mol. The predicted octanol–water partition coefficient (Wildman–Crippen LogP) is 2.48. The van der Waals surface area contributed by atoms with Gasteiger partial charge in [0.25, 0.3) is 0 Å². The third-order valence-electron chi connectivity index (χ3n) is 2.56. The highest BCUT2D eigenvalue weighted by Gasteiger charge is 2.04. The first-order chi connectivity index (χ1) is 9.11. The van der Waals surface area contributed by atoms with Crippen LogP contribution < -0.4 is 15.8 Å². The summed E-state index contributed by atoms with van der Waals surface area (Å²) in [7, 11) is 0. The van der Waals surface area contributed by atoms with Crippen molar-refractivity contribution in [2.24, 2.45) is 5.92 Å². The van der Waals surface area contributed by atoms with Gasteiger partial charge < -0.3 is 15.8 Å². The van der Waals surface area contributed by atoms with Gasteiger partial charge in [-0.05, 0) is 18.8 Å². The van der Waals surface area contributed by atoms with Crippen LogP contribution in [0.5, 0.6) is 6.01 Å². The Bertz CT molecular complexity index is 370. The number of aromatic nitrogens is 3. The van der Waals surface area contributed by atoms with Gasteiger partial charge in [0.2, 0.25) is 11.9 Å². The van der Waals surface area contributed by atoms with Crippen molar-refractivity contribution >= 4 is 11.9 Å². The molecule has 1 aromatic rings. The van der Waals surface area contributed by atoms with E-state index in [1.165, 1.54) is 12.8 Å². The first kappa shape index (κ1) is 15.5. The van der Waals surface area contributed by atoms with Crippen LogP contribution in [0.25, 0.3) is 0 Å². The summed E-state index contributed by atoms with van der Waals surface area (Å²) in [6, 6.07) is 0.291. The summed E-state index contributed by atoms with van der Waals surface area (Å²) < 4.78 is 5.35. The molecule has 0 aliphatic heterocycles. The van der Waals surface area contributed by atoms with Crippen LogP contribution in [0.4, 0.5) is 11.9 Å². The Balaban J connectivity index is 2.38. The molecule has 0 saturated heterocycles. The van der Waals surface area contributed by atoms with Crippen LogP contribution in [0.3, 0.4) is 0 Å². The molecular formula is C13H25N5O. The number of hydrogen-bond donors (Lipinski definition) is 2. The molecule has 3 N–H and O–H groups in total. The summed E-state index contributed by atoms with van der Waals surface area (Å²) >= 11 is 0. The maximum atomic E-state index is 5.62. The molecule has 0 bridgehead atoms. The number of nitrogens with zero attached hydrogens (tertiary/aromatic N) is 3. The molecule has 0 saturated carbocycles. The fourth-order valence-electron chi connectivity index (χ4n) is 1.59. The van der Waals surface area contributed by atoms with Crippen LogP contribution >= 0.6 is 0 Å². The highest BCUT2D eigenvalue weighted by atomic mass is 16.5.